The summed E-state index contributed by atoms with van der Waals surface area (Å²) in [6.07, 6.45) is 4.77. The lowest BCUT2D eigenvalue weighted by Gasteiger charge is -2.27. The van der Waals surface area contributed by atoms with Gasteiger partial charge < -0.3 is 5.11 Å². The summed E-state index contributed by atoms with van der Waals surface area (Å²) in [4.78, 5) is 12.9. The Balaban J connectivity index is 1.78. The van der Waals surface area contributed by atoms with E-state index in [0.29, 0.717) is 6.54 Å². The number of hydrogen-bond acceptors (Lipinski definition) is 2. The van der Waals surface area contributed by atoms with E-state index in [1.807, 2.05) is 24.3 Å². The molecule has 0 bridgehead atoms. The number of aliphatic carboxylic acids is 1. The molecule has 1 atom stereocenters. The second-order valence-electron chi connectivity index (χ2n) is 8.03. The van der Waals surface area contributed by atoms with Crippen molar-refractivity contribution in [3.8, 4) is 0 Å². The average Bonchev–Trinajstić information content (AvgIpc) is 3.08. The molecule has 158 valence electrons. The number of carboxylic acid groups (broad SMARTS) is 1. The highest BCUT2D eigenvalue weighted by Gasteiger charge is 2.63. The topological polar surface area (TPSA) is 40.5 Å². The minimum atomic E-state index is -4.73. The van der Waals surface area contributed by atoms with E-state index in [0.717, 1.165) is 18.4 Å². The molecule has 3 nitrogen and oxygen atoms in total. The number of likely N-dealkylation sites (tertiary alicyclic amines) is 1. The summed E-state index contributed by atoms with van der Waals surface area (Å²) in [7, 11) is 0. The SMILES string of the molecule is CCCCCCCCCc1ccc(CN2CCC(C(=O)O)(C(F)(F)F)C2)cc1. The van der Waals surface area contributed by atoms with Crippen LogP contribution in [0.3, 0.4) is 0 Å². The van der Waals surface area contributed by atoms with Gasteiger partial charge in [-0.15, -0.1) is 0 Å². The van der Waals surface area contributed by atoms with Gasteiger partial charge in [0, 0.05) is 19.6 Å². The van der Waals surface area contributed by atoms with Crippen LogP contribution in [0.2, 0.25) is 0 Å². The Kier molecular flexibility index (Phi) is 8.35. The highest BCUT2D eigenvalue weighted by molar-refractivity contribution is 5.76. The fraction of sp³-hybridized carbons (Fsp3) is 0.682. The standard InChI is InChI=1S/C22H32F3NO2/c1-2-3-4-5-6-7-8-9-18-10-12-19(13-11-18)16-26-15-14-21(17-26,20(27)28)22(23,24)25/h10-13H,2-9,14-17H2,1H3,(H,27,28). The van der Waals surface area contributed by atoms with Crippen molar-refractivity contribution in [1.29, 1.82) is 0 Å². The summed E-state index contributed by atoms with van der Waals surface area (Å²) in [6, 6.07) is 7.98. The zero-order valence-corrected chi connectivity index (χ0v) is 16.7. The van der Waals surface area contributed by atoms with Crippen LogP contribution in [0.5, 0.6) is 0 Å². The number of benzene rings is 1. The number of halogens is 3. The molecule has 28 heavy (non-hydrogen) atoms. The summed E-state index contributed by atoms with van der Waals surface area (Å²) in [5, 5.41) is 9.14. The number of alkyl halides is 3. The molecule has 1 saturated heterocycles. The first-order valence-corrected chi connectivity index (χ1v) is 10.4. The molecule has 1 fully saturated rings. The van der Waals surface area contributed by atoms with E-state index < -0.39 is 24.1 Å². The van der Waals surface area contributed by atoms with E-state index in [4.69, 9.17) is 5.11 Å². The summed E-state index contributed by atoms with van der Waals surface area (Å²) < 4.78 is 39.8. The van der Waals surface area contributed by atoms with Gasteiger partial charge in [-0.3, -0.25) is 9.69 Å². The van der Waals surface area contributed by atoms with Crippen LogP contribution in [0.1, 0.15) is 69.4 Å². The Hall–Kier alpha value is -1.56. The molecule has 1 N–H and O–H groups in total. The summed E-state index contributed by atoms with van der Waals surface area (Å²) >= 11 is 0. The van der Waals surface area contributed by atoms with Crippen LogP contribution in [0.15, 0.2) is 24.3 Å². The van der Waals surface area contributed by atoms with E-state index in [9.17, 15) is 18.0 Å². The fourth-order valence-electron chi connectivity index (χ4n) is 3.91. The van der Waals surface area contributed by atoms with Crippen molar-refractivity contribution in [2.24, 2.45) is 5.41 Å². The molecule has 1 aromatic carbocycles. The second-order valence-corrected chi connectivity index (χ2v) is 8.03. The maximum Gasteiger partial charge on any atom is 0.406 e. The van der Waals surface area contributed by atoms with E-state index in [-0.39, 0.29) is 13.0 Å². The Bertz CT molecular complexity index is 615. The Morgan fingerprint density at radius 1 is 1.04 bits per heavy atom. The molecule has 0 saturated carbocycles. The summed E-state index contributed by atoms with van der Waals surface area (Å²) in [6.45, 7) is 2.23. The van der Waals surface area contributed by atoms with Crippen LogP contribution >= 0.6 is 0 Å². The highest BCUT2D eigenvalue weighted by Crippen LogP contribution is 2.46. The number of hydrogen-bond donors (Lipinski definition) is 1. The Labute approximate surface area is 165 Å². The number of rotatable bonds is 11. The maximum absolute atomic E-state index is 13.3. The smallest absolute Gasteiger partial charge is 0.406 e. The van der Waals surface area contributed by atoms with Gasteiger partial charge in [0.1, 0.15) is 0 Å². The zero-order valence-electron chi connectivity index (χ0n) is 16.7. The number of nitrogens with zero attached hydrogens (tertiary/aromatic N) is 1. The third kappa shape index (κ3) is 5.97. The number of unbranched alkanes of at least 4 members (excludes halogenated alkanes) is 6. The van der Waals surface area contributed by atoms with Crippen LogP contribution in [0, 0.1) is 5.41 Å². The largest absolute Gasteiger partial charge is 0.481 e. The molecule has 0 spiro atoms. The van der Waals surface area contributed by atoms with Crippen molar-refractivity contribution in [1.82, 2.24) is 4.90 Å². The van der Waals surface area contributed by atoms with Crippen molar-refractivity contribution in [2.75, 3.05) is 13.1 Å². The zero-order chi connectivity index (χ0) is 20.6. The van der Waals surface area contributed by atoms with Crippen LogP contribution in [-0.2, 0) is 17.8 Å². The lowest BCUT2D eigenvalue weighted by molar-refractivity contribution is -0.227. The molecule has 2 rings (SSSR count). The maximum atomic E-state index is 13.3. The molecule has 1 unspecified atom stereocenters. The molecular formula is C22H32F3NO2. The van der Waals surface area contributed by atoms with Gasteiger partial charge in [0.2, 0.25) is 0 Å². The quantitative estimate of drug-likeness (QED) is 0.477. The highest BCUT2D eigenvalue weighted by atomic mass is 19.4. The fourth-order valence-corrected chi connectivity index (χ4v) is 3.91. The molecular weight excluding hydrogens is 367 g/mol. The minimum Gasteiger partial charge on any atom is -0.481 e. The van der Waals surface area contributed by atoms with Gasteiger partial charge in [0.15, 0.2) is 5.41 Å². The summed E-state index contributed by atoms with van der Waals surface area (Å²) in [5.74, 6) is -1.77. The van der Waals surface area contributed by atoms with Gasteiger partial charge >= 0.3 is 12.1 Å². The van der Waals surface area contributed by atoms with E-state index >= 15 is 0 Å². The van der Waals surface area contributed by atoms with E-state index in [2.05, 4.69) is 6.92 Å². The van der Waals surface area contributed by atoms with Crippen molar-refractivity contribution in [3.63, 3.8) is 0 Å². The van der Waals surface area contributed by atoms with E-state index in [1.165, 1.54) is 44.1 Å². The van der Waals surface area contributed by atoms with Crippen molar-refractivity contribution in [2.45, 2.75) is 77.4 Å². The normalized spacial score (nSPS) is 20.6. The molecule has 0 amide bonds. The van der Waals surface area contributed by atoms with Crippen LogP contribution < -0.4 is 0 Å². The van der Waals surface area contributed by atoms with Crippen LogP contribution in [0.4, 0.5) is 13.2 Å². The molecule has 6 heteroatoms. The molecule has 1 aliphatic rings. The molecule has 0 aromatic heterocycles. The van der Waals surface area contributed by atoms with Gasteiger partial charge in [-0.05, 0) is 30.4 Å². The lowest BCUT2D eigenvalue weighted by atomic mass is 9.86. The first-order valence-electron chi connectivity index (χ1n) is 10.4. The molecule has 0 aliphatic carbocycles. The van der Waals surface area contributed by atoms with Gasteiger partial charge in [-0.25, -0.2) is 0 Å². The Morgan fingerprint density at radius 2 is 1.61 bits per heavy atom. The number of carbonyl (C=O) groups is 1. The monoisotopic (exact) mass is 399 g/mol. The summed E-state index contributed by atoms with van der Waals surface area (Å²) in [5.41, 5.74) is -0.468. The Morgan fingerprint density at radius 3 is 2.14 bits per heavy atom. The first kappa shape index (κ1) is 22.7. The van der Waals surface area contributed by atoms with Gasteiger partial charge in [-0.2, -0.15) is 13.2 Å². The number of aryl methyl sites for hydroxylation is 1. The van der Waals surface area contributed by atoms with Gasteiger partial charge in [0.25, 0.3) is 0 Å². The molecule has 1 aromatic rings. The van der Waals surface area contributed by atoms with E-state index in [1.54, 1.807) is 4.90 Å². The molecule has 1 aliphatic heterocycles. The minimum absolute atomic E-state index is 0.144. The van der Waals surface area contributed by atoms with Crippen molar-refractivity contribution < 1.29 is 23.1 Å². The molecule has 1 heterocycles. The predicted octanol–water partition coefficient (Wildman–Crippen LogP) is 5.82. The van der Waals surface area contributed by atoms with Crippen LogP contribution in [0.25, 0.3) is 0 Å². The van der Waals surface area contributed by atoms with Crippen molar-refractivity contribution in [3.05, 3.63) is 35.4 Å². The predicted molar refractivity (Wildman–Crippen MR) is 104 cm³/mol. The average molecular weight is 399 g/mol. The molecule has 0 radical (unpaired) electrons. The third-order valence-electron chi connectivity index (χ3n) is 5.80. The first-order chi connectivity index (χ1) is 13.3. The van der Waals surface area contributed by atoms with Crippen molar-refractivity contribution >= 4 is 5.97 Å². The number of carboxylic acids is 1. The second kappa shape index (κ2) is 10.3. The van der Waals surface area contributed by atoms with Gasteiger partial charge in [-0.1, -0.05) is 69.7 Å². The lowest BCUT2D eigenvalue weighted by Crippen LogP contribution is -2.47. The van der Waals surface area contributed by atoms with Crippen LogP contribution in [-0.4, -0.2) is 35.2 Å². The third-order valence-corrected chi connectivity index (χ3v) is 5.80. The van der Waals surface area contributed by atoms with Gasteiger partial charge in [0.05, 0.1) is 0 Å².